The summed E-state index contributed by atoms with van der Waals surface area (Å²) in [4.78, 5) is 30.4. The lowest BCUT2D eigenvalue weighted by molar-refractivity contribution is -0.378. The number of Topliss-reactive ketones (excluding diaryl/α,β-unsaturated/α-hetero) is 1. The molecule has 0 saturated heterocycles. The fourth-order valence-electron chi connectivity index (χ4n) is 3.71. The first-order valence-electron chi connectivity index (χ1n) is 9.82. The molecular weight excluding hydrogens is 380 g/mol. The minimum atomic E-state index is -0.783. The van der Waals surface area contributed by atoms with Gasteiger partial charge in [0.05, 0.1) is 18.8 Å². The van der Waals surface area contributed by atoms with E-state index in [1.807, 2.05) is 36.4 Å². The summed E-state index contributed by atoms with van der Waals surface area (Å²) in [7, 11) is 0. The van der Waals surface area contributed by atoms with Crippen molar-refractivity contribution < 1.29 is 24.1 Å². The number of nitrogens with one attached hydrogen (secondary N) is 1. The Morgan fingerprint density at radius 1 is 1.17 bits per heavy atom. The van der Waals surface area contributed by atoms with Crippen LogP contribution in [-0.4, -0.2) is 16.6 Å². The number of aromatic amines is 1. The molecule has 1 aliphatic rings. The van der Waals surface area contributed by atoms with Crippen molar-refractivity contribution in [3.05, 3.63) is 101 Å². The average molecular weight is 402 g/mol. The number of ketones is 1. The highest BCUT2D eigenvalue weighted by Crippen LogP contribution is 2.39. The lowest BCUT2D eigenvalue weighted by Gasteiger charge is -2.27. The van der Waals surface area contributed by atoms with Crippen LogP contribution in [0.2, 0.25) is 0 Å². The molecule has 0 bridgehead atoms. The van der Waals surface area contributed by atoms with Crippen molar-refractivity contribution in [1.29, 1.82) is 0 Å². The molecule has 2 aromatic heterocycles. The molecule has 152 valence electrons. The Morgan fingerprint density at radius 3 is 2.53 bits per heavy atom. The van der Waals surface area contributed by atoms with E-state index in [0.29, 0.717) is 11.5 Å². The minimum Gasteiger partial charge on any atom is -0.868 e. The van der Waals surface area contributed by atoms with Gasteiger partial charge in [-0.15, -0.1) is 0 Å². The molecule has 0 aliphatic carbocycles. The van der Waals surface area contributed by atoms with Crippen molar-refractivity contribution in [3.8, 4) is 0 Å². The smallest absolute Gasteiger partial charge is 0.240 e. The number of furan rings is 1. The van der Waals surface area contributed by atoms with Crippen molar-refractivity contribution in [2.45, 2.75) is 32.4 Å². The van der Waals surface area contributed by atoms with Gasteiger partial charge in [0, 0.05) is 17.2 Å². The molecule has 6 nitrogen and oxygen atoms in total. The van der Waals surface area contributed by atoms with Gasteiger partial charge in [-0.3, -0.25) is 9.59 Å². The quantitative estimate of drug-likeness (QED) is 0.593. The van der Waals surface area contributed by atoms with Crippen LogP contribution in [0.4, 0.5) is 0 Å². The van der Waals surface area contributed by atoms with Gasteiger partial charge in [-0.05, 0) is 41.0 Å². The number of hydrogen-bond acceptors (Lipinski definition) is 4. The molecule has 6 heteroatoms. The molecule has 4 rings (SSSR count). The van der Waals surface area contributed by atoms with Crippen molar-refractivity contribution in [3.63, 3.8) is 0 Å². The molecule has 0 saturated carbocycles. The highest BCUT2D eigenvalue weighted by molar-refractivity contribution is 6.14. The molecule has 1 aliphatic heterocycles. The highest BCUT2D eigenvalue weighted by atomic mass is 16.3. The van der Waals surface area contributed by atoms with Crippen LogP contribution in [0.1, 0.15) is 53.1 Å². The summed E-state index contributed by atoms with van der Waals surface area (Å²) in [6, 6.07) is 13.7. The standard InChI is InChI=1S/C24H22N2O4/c1-15(2)17-7-9-18(10-8-17)21-20(22(27)19-6-4-12-30-19)23(28)24(29)26(21)14-16-5-3-11-25-13-16/h3-13,15,21,28H,14H2,1-2H3. The van der Waals surface area contributed by atoms with Gasteiger partial charge in [-0.25, -0.2) is 4.98 Å². The van der Waals surface area contributed by atoms with Gasteiger partial charge in [0.2, 0.25) is 11.7 Å². The molecule has 0 radical (unpaired) electrons. The second-order valence-corrected chi connectivity index (χ2v) is 7.62. The summed E-state index contributed by atoms with van der Waals surface area (Å²) in [6.07, 6.45) is 4.91. The van der Waals surface area contributed by atoms with E-state index < -0.39 is 23.5 Å². The van der Waals surface area contributed by atoms with Gasteiger partial charge in [0.15, 0.2) is 18.2 Å². The highest BCUT2D eigenvalue weighted by Gasteiger charge is 2.40. The summed E-state index contributed by atoms with van der Waals surface area (Å²) >= 11 is 0. The number of carbonyl (C=O) groups excluding carboxylic acids is 2. The van der Waals surface area contributed by atoms with E-state index in [9.17, 15) is 14.7 Å². The number of rotatable bonds is 6. The van der Waals surface area contributed by atoms with E-state index >= 15 is 0 Å². The third-order valence-electron chi connectivity index (χ3n) is 5.32. The Kier molecular flexibility index (Phi) is 5.23. The SMILES string of the molecule is CC(C)c1ccc(C2C(C(=O)c3ccco3)=C([O-])C(=O)N2Cc2ccc[nH+]c2)cc1. The lowest BCUT2D eigenvalue weighted by atomic mass is 9.93. The number of pyridine rings is 1. The van der Waals surface area contributed by atoms with Crippen LogP contribution in [0.15, 0.2) is 82.9 Å². The van der Waals surface area contributed by atoms with Crippen LogP contribution in [0.25, 0.3) is 0 Å². The number of hydrogen-bond donors (Lipinski definition) is 0. The molecule has 1 amide bonds. The van der Waals surface area contributed by atoms with E-state index in [2.05, 4.69) is 18.8 Å². The summed E-state index contributed by atoms with van der Waals surface area (Å²) in [5, 5.41) is 12.9. The Balaban J connectivity index is 1.78. The number of H-pyrrole nitrogens is 1. The summed E-state index contributed by atoms with van der Waals surface area (Å²) in [5.41, 5.74) is 2.60. The van der Waals surface area contributed by atoms with Crippen LogP contribution >= 0.6 is 0 Å². The van der Waals surface area contributed by atoms with E-state index in [0.717, 1.165) is 11.1 Å². The van der Waals surface area contributed by atoms with Gasteiger partial charge in [-0.1, -0.05) is 38.1 Å². The zero-order valence-corrected chi connectivity index (χ0v) is 16.8. The normalized spacial score (nSPS) is 16.6. The maximum atomic E-state index is 13.1. The third kappa shape index (κ3) is 3.52. The van der Waals surface area contributed by atoms with Crippen molar-refractivity contribution in [1.82, 2.24) is 4.90 Å². The Labute approximate surface area is 174 Å². The molecule has 1 N–H and O–H groups in total. The van der Waals surface area contributed by atoms with Crippen LogP contribution in [0.3, 0.4) is 0 Å². The fraction of sp³-hybridized carbons (Fsp3) is 0.208. The molecule has 30 heavy (non-hydrogen) atoms. The zero-order valence-electron chi connectivity index (χ0n) is 16.8. The average Bonchev–Trinajstić information content (AvgIpc) is 3.37. The van der Waals surface area contributed by atoms with Crippen LogP contribution < -0.4 is 10.1 Å². The predicted molar refractivity (Wildman–Crippen MR) is 107 cm³/mol. The van der Waals surface area contributed by atoms with Crippen LogP contribution in [-0.2, 0) is 11.3 Å². The van der Waals surface area contributed by atoms with Gasteiger partial charge in [-0.2, -0.15) is 0 Å². The molecule has 1 atom stereocenters. The first-order valence-corrected chi connectivity index (χ1v) is 9.82. The van der Waals surface area contributed by atoms with Gasteiger partial charge >= 0.3 is 0 Å². The summed E-state index contributed by atoms with van der Waals surface area (Å²) in [6.45, 7) is 4.38. The van der Waals surface area contributed by atoms with E-state index in [1.165, 1.54) is 17.2 Å². The Morgan fingerprint density at radius 2 is 1.93 bits per heavy atom. The molecule has 1 unspecified atom stereocenters. The summed E-state index contributed by atoms with van der Waals surface area (Å²) in [5.74, 6) is -1.64. The molecular formula is C24H22N2O4. The zero-order chi connectivity index (χ0) is 21.3. The topological polar surface area (TPSA) is 87.7 Å². The number of amides is 1. The first kappa shape index (κ1) is 19.6. The maximum absolute atomic E-state index is 13.1. The van der Waals surface area contributed by atoms with Gasteiger partial charge in [0.1, 0.15) is 0 Å². The Hall–Kier alpha value is -3.67. The van der Waals surface area contributed by atoms with Crippen molar-refractivity contribution in [2.75, 3.05) is 0 Å². The van der Waals surface area contributed by atoms with Crippen LogP contribution in [0.5, 0.6) is 0 Å². The maximum Gasteiger partial charge on any atom is 0.240 e. The molecule has 0 fully saturated rings. The van der Waals surface area contributed by atoms with E-state index in [1.54, 1.807) is 18.5 Å². The monoisotopic (exact) mass is 402 g/mol. The number of carbonyl (C=O) groups is 2. The number of nitrogens with zero attached hydrogens (tertiary/aromatic N) is 1. The predicted octanol–water partition coefficient (Wildman–Crippen LogP) is 2.80. The molecule has 3 aromatic rings. The lowest BCUT2D eigenvalue weighted by Crippen LogP contribution is -2.32. The fourth-order valence-corrected chi connectivity index (χ4v) is 3.71. The second kappa shape index (κ2) is 7.99. The second-order valence-electron chi connectivity index (χ2n) is 7.62. The third-order valence-corrected chi connectivity index (χ3v) is 5.32. The molecule has 1 aromatic carbocycles. The van der Waals surface area contributed by atoms with E-state index in [-0.39, 0.29) is 17.9 Å². The van der Waals surface area contributed by atoms with Gasteiger partial charge in [0.25, 0.3) is 0 Å². The summed E-state index contributed by atoms with van der Waals surface area (Å²) < 4.78 is 5.22. The van der Waals surface area contributed by atoms with Gasteiger partial charge < -0.3 is 14.4 Å². The Bertz CT molecular complexity index is 1080. The molecule has 3 heterocycles. The largest absolute Gasteiger partial charge is 0.868 e. The van der Waals surface area contributed by atoms with Crippen LogP contribution in [0, 0.1) is 0 Å². The van der Waals surface area contributed by atoms with E-state index in [4.69, 9.17) is 4.42 Å². The minimum absolute atomic E-state index is 0.0462. The van der Waals surface area contributed by atoms with Crippen molar-refractivity contribution >= 4 is 11.7 Å². The number of benzene rings is 1. The molecule has 0 spiro atoms. The first-order chi connectivity index (χ1) is 14.5. The van der Waals surface area contributed by atoms with Crippen molar-refractivity contribution in [2.24, 2.45) is 0 Å². The number of aromatic nitrogens is 1.